The summed E-state index contributed by atoms with van der Waals surface area (Å²) in [6.45, 7) is 2.58. The number of rotatable bonds is 4. The number of hydrogen-bond acceptors (Lipinski definition) is 4. The first kappa shape index (κ1) is 13.8. The van der Waals surface area contributed by atoms with E-state index in [-0.39, 0.29) is 0 Å². The van der Waals surface area contributed by atoms with Crippen LogP contribution in [-0.2, 0) is 6.54 Å². The van der Waals surface area contributed by atoms with Crippen LogP contribution in [0.1, 0.15) is 27.0 Å². The highest BCUT2D eigenvalue weighted by Gasteiger charge is 2.08. The highest BCUT2D eigenvalue weighted by atomic mass is 16.1. The monoisotopic (exact) mass is 265 g/mol. The largest absolute Gasteiger partial charge is 0.355 e. The van der Waals surface area contributed by atoms with Crippen molar-refractivity contribution in [2.75, 3.05) is 11.9 Å². The third-order valence-electron chi connectivity index (χ3n) is 3.05. The summed E-state index contributed by atoms with van der Waals surface area (Å²) in [4.78, 5) is 17.0. The number of anilines is 1. The van der Waals surface area contributed by atoms with Crippen molar-refractivity contribution in [3.05, 3.63) is 58.8 Å². The van der Waals surface area contributed by atoms with Crippen LogP contribution in [0.15, 0.2) is 36.5 Å². The number of carbonyl (C=O) groups excluding carboxylic acids is 1. The third kappa shape index (κ3) is 3.01. The normalized spacial score (nSPS) is 9.85. The van der Waals surface area contributed by atoms with E-state index in [1.54, 1.807) is 12.3 Å². The lowest BCUT2D eigenvalue weighted by Gasteiger charge is -2.20. The summed E-state index contributed by atoms with van der Waals surface area (Å²) < 4.78 is 0. The molecular formula is C16H15N3O. The van der Waals surface area contributed by atoms with E-state index < -0.39 is 0 Å². The predicted octanol–water partition coefficient (Wildman–Crippen LogP) is 2.71. The number of nitriles is 1. The minimum absolute atomic E-state index is 0.575. The topological polar surface area (TPSA) is 57.0 Å². The van der Waals surface area contributed by atoms with E-state index >= 15 is 0 Å². The van der Waals surface area contributed by atoms with Crippen LogP contribution in [0.4, 0.5) is 5.82 Å². The Morgan fingerprint density at radius 3 is 2.85 bits per heavy atom. The second-order valence-electron chi connectivity index (χ2n) is 4.70. The van der Waals surface area contributed by atoms with Gasteiger partial charge in [0.1, 0.15) is 5.82 Å². The van der Waals surface area contributed by atoms with Crippen molar-refractivity contribution in [3.63, 3.8) is 0 Å². The fourth-order valence-corrected chi connectivity index (χ4v) is 2.14. The van der Waals surface area contributed by atoms with Gasteiger partial charge in [0.15, 0.2) is 6.29 Å². The molecule has 1 heterocycles. The summed E-state index contributed by atoms with van der Waals surface area (Å²) in [6, 6.07) is 11.5. The Balaban J connectivity index is 2.21. The number of carbonyl (C=O) groups is 1. The van der Waals surface area contributed by atoms with Crippen LogP contribution in [0.25, 0.3) is 0 Å². The van der Waals surface area contributed by atoms with Crippen molar-refractivity contribution in [2.24, 2.45) is 0 Å². The van der Waals surface area contributed by atoms with Crippen LogP contribution < -0.4 is 4.90 Å². The molecule has 0 aliphatic rings. The standard InChI is InChI=1S/C16H15N3O/c1-12-6-15(11-20)9-18-16(12)19(2)10-14-5-3-4-13(7-14)8-17/h3-7,9,11H,10H2,1-2H3. The minimum Gasteiger partial charge on any atom is -0.355 e. The molecule has 1 aromatic carbocycles. The van der Waals surface area contributed by atoms with Gasteiger partial charge in [-0.15, -0.1) is 0 Å². The second-order valence-corrected chi connectivity index (χ2v) is 4.70. The van der Waals surface area contributed by atoms with Crippen molar-refractivity contribution in [1.29, 1.82) is 5.26 Å². The quantitative estimate of drug-likeness (QED) is 0.797. The van der Waals surface area contributed by atoms with Crippen molar-refractivity contribution in [2.45, 2.75) is 13.5 Å². The molecule has 0 saturated heterocycles. The lowest BCUT2D eigenvalue weighted by molar-refractivity contribution is 0.112. The molecule has 4 nitrogen and oxygen atoms in total. The van der Waals surface area contributed by atoms with Crippen molar-refractivity contribution < 1.29 is 4.79 Å². The lowest BCUT2D eigenvalue weighted by atomic mass is 10.1. The molecule has 100 valence electrons. The highest BCUT2D eigenvalue weighted by molar-refractivity contribution is 5.75. The lowest BCUT2D eigenvalue weighted by Crippen LogP contribution is -2.19. The first-order chi connectivity index (χ1) is 9.63. The summed E-state index contributed by atoms with van der Waals surface area (Å²) in [5.74, 6) is 0.831. The molecule has 0 amide bonds. The number of aldehydes is 1. The van der Waals surface area contributed by atoms with Crippen molar-refractivity contribution in [1.82, 2.24) is 4.98 Å². The van der Waals surface area contributed by atoms with Gasteiger partial charge in [0.2, 0.25) is 0 Å². The molecule has 4 heteroatoms. The maximum atomic E-state index is 10.7. The molecule has 0 N–H and O–H groups in total. The van der Waals surface area contributed by atoms with E-state index in [4.69, 9.17) is 5.26 Å². The summed E-state index contributed by atoms with van der Waals surface area (Å²) in [7, 11) is 1.94. The van der Waals surface area contributed by atoms with Crippen molar-refractivity contribution in [3.8, 4) is 6.07 Å². The highest BCUT2D eigenvalue weighted by Crippen LogP contribution is 2.18. The summed E-state index contributed by atoms with van der Waals surface area (Å²) in [5.41, 5.74) is 3.23. The zero-order chi connectivity index (χ0) is 14.5. The van der Waals surface area contributed by atoms with Gasteiger partial charge in [-0.1, -0.05) is 12.1 Å². The van der Waals surface area contributed by atoms with Gasteiger partial charge in [-0.05, 0) is 36.2 Å². The molecule has 0 atom stereocenters. The summed E-state index contributed by atoms with van der Waals surface area (Å²) >= 11 is 0. The first-order valence-electron chi connectivity index (χ1n) is 6.26. The fourth-order valence-electron chi connectivity index (χ4n) is 2.14. The van der Waals surface area contributed by atoms with Gasteiger partial charge in [0, 0.05) is 25.4 Å². The van der Waals surface area contributed by atoms with E-state index in [1.165, 1.54) is 0 Å². The number of hydrogen-bond donors (Lipinski definition) is 0. The Hall–Kier alpha value is -2.67. The van der Waals surface area contributed by atoms with E-state index in [1.807, 2.05) is 43.1 Å². The van der Waals surface area contributed by atoms with E-state index in [2.05, 4.69) is 11.1 Å². The van der Waals surface area contributed by atoms with Gasteiger partial charge < -0.3 is 4.90 Å². The fraction of sp³-hybridized carbons (Fsp3) is 0.188. The zero-order valence-electron chi connectivity index (χ0n) is 11.5. The third-order valence-corrected chi connectivity index (χ3v) is 3.05. The molecule has 0 aliphatic carbocycles. The Kier molecular flexibility index (Phi) is 4.11. The molecular weight excluding hydrogens is 250 g/mol. The van der Waals surface area contributed by atoms with E-state index in [0.29, 0.717) is 17.7 Å². The zero-order valence-corrected chi connectivity index (χ0v) is 11.5. The molecule has 0 spiro atoms. The molecule has 0 unspecified atom stereocenters. The molecule has 0 radical (unpaired) electrons. The van der Waals surface area contributed by atoms with Crippen molar-refractivity contribution >= 4 is 12.1 Å². The molecule has 1 aromatic heterocycles. The van der Waals surface area contributed by atoms with Gasteiger partial charge >= 0.3 is 0 Å². The van der Waals surface area contributed by atoms with Crippen LogP contribution in [0, 0.1) is 18.3 Å². The molecule has 20 heavy (non-hydrogen) atoms. The smallest absolute Gasteiger partial charge is 0.151 e. The van der Waals surface area contributed by atoms with Crippen LogP contribution >= 0.6 is 0 Å². The van der Waals surface area contributed by atoms with Gasteiger partial charge in [0.25, 0.3) is 0 Å². The summed E-state index contributed by atoms with van der Waals surface area (Å²) in [5, 5.41) is 8.91. The first-order valence-corrected chi connectivity index (χ1v) is 6.26. The molecule has 0 bridgehead atoms. The van der Waals surface area contributed by atoms with Gasteiger partial charge in [-0.25, -0.2) is 4.98 Å². The Morgan fingerprint density at radius 2 is 2.20 bits per heavy atom. The predicted molar refractivity (Wildman–Crippen MR) is 77.6 cm³/mol. The molecule has 2 rings (SSSR count). The molecule has 0 fully saturated rings. The second kappa shape index (κ2) is 5.98. The molecule has 0 aliphatic heterocycles. The number of benzene rings is 1. The maximum absolute atomic E-state index is 10.7. The number of aromatic nitrogens is 1. The van der Waals surface area contributed by atoms with Gasteiger partial charge in [-0.3, -0.25) is 4.79 Å². The van der Waals surface area contributed by atoms with Crippen LogP contribution in [-0.4, -0.2) is 18.3 Å². The molecule has 0 saturated carbocycles. The Bertz CT molecular complexity index is 674. The van der Waals surface area contributed by atoms with E-state index in [9.17, 15) is 4.79 Å². The van der Waals surface area contributed by atoms with E-state index in [0.717, 1.165) is 23.2 Å². The van der Waals surface area contributed by atoms with Crippen LogP contribution in [0.2, 0.25) is 0 Å². The number of aryl methyl sites for hydroxylation is 1. The van der Waals surface area contributed by atoms with Crippen LogP contribution in [0.5, 0.6) is 0 Å². The Morgan fingerprint density at radius 1 is 1.40 bits per heavy atom. The average molecular weight is 265 g/mol. The van der Waals surface area contributed by atoms with Crippen LogP contribution in [0.3, 0.4) is 0 Å². The maximum Gasteiger partial charge on any atom is 0.151 e. The minimum atomic E-state index is 0.575. The number of nitrogens with zero attached hydrogens (tertiary/aromatic N) is 3. The van der Waals surface area contributed by atoms with Gasteiger partial charge in [0.05, 0.1) is 11.6 Å². The molecule has 2 aromatic rings. The average Bonchev–Trinajstić information content (AvgIpc) is 2.47. The summed E-state index contributed by atoms with van der Waals surface area (Å²) in [6.07, 6.45) is 2.36. The SMILES string of the molecule is Cc1cc(C=O)cnc1N(C)Cc1cccc(C#N)c1. The number of pyridine rings is 1. The Labute approximate surface area is 118 Å². The van der Waals surface area contributed by atoms with Gasteiger partial charge in [-0.2, -0.15) is 5.26 Å².